The first-order chi connectivity index (χ1) is 17.0. The van der Waals surface area contributed by atoms with Crippen molar-refractivity contribution in [1.82, 2.24) is 15.2 Å². The molecule has 5 rings (SSSR count). The Hall–Kier alpha value is -4.43. The number of carbonyl (C=O) groups is 2. The van der Waals surface area contributed by atoms with Gasteiger partial charge >= 0.3 is 5.97 Å². The summed E-state index contributed by atoms with van der Waals surface area (Å²) in [4.78, 5) is 28.4. The Morgan fingerprint density at radius 1 is 1.00 bits per heavy atom. The Morgan fingerprint density at radius 3 is 2.69 bits per heavy atom. The predicted octanol–water partition coefficient (Wildman–Crippen LogP) is 5.61. The fraction of sp³-hybridized carbons (Fsp3) is 0.0769. The highest BCUT2D eigenvalue weighted by Gasteiger charge is 2.18. The average Bonchev–Trinajstić information content (AvgIpc) is 3.30. The van der Waals surface area contributed by atoms with Crippen molar-refractivity contribution in [3.8, 4) is 17.4 Å². The van der Waals surface area contributed by atoms with Crippen molar-refractivity contribution >= 4 is 45.0 Å². The van der Waals surface area contributed by atoms with Crippen molar-refractivity contribution < 1.29 is 23.8 Å². The number of hydrogen-bond donors (Lipinski definition) is 1. The summed E-state index contributed by atoms with van der Waals surface area (Å²) in [5, 5.41) is 10.5. The zero-order valence-corrected chi connectivity index (χ0v) is 19.2. The van der Waals surface area contributed by atoms with Gasteiger partial charge in [0.05, 0.1) is 7.11 Å². The van der Waals surface area contributed by atoms with Crippen molar-refractivity contribution in [2.45, 2.75) is 0 Å². The van der Waals surface area contributed by atoms with Crippen molar-refractivity contribution in [2.24, 2.45) is 0 Å². The van der Waals surface area contributed by atoms with Gasteiger partial charge in [-0.1, -0.05) is 17.7 Å². The lowest BCUT2D eigenvalue weighted by molar-refractivity contribution is 0.0594. The van der Waals surface area contributed by atoms with Gasteiger partial charge in [0.1, 0.15) is 17.1 Å². The number of nitrogens with one attached hydrogen (secondary N) is 1. The van der Waals surface area contributed by atoms with E-state index in [-0.39, 0.29) is 23.7 Å². The Balaban J connectivity index is 1.37. The predicted molar refractivity (Wildman–Crippen MR) is 131 cm³/mol. The first-order valence-corrected chi connectivity index (χ1v) is 10.9. The maximum atomic E-state index is 13.0. The molecule has 0 aliphatic carbocycles. The first-order valence-electron chi connectivity index (χ1n) is 10.6. The molecule has 0 bridgehead atoms. The highest BCUT2D eigenvalue weighted by Crippen LogP contribution is 2.30. The molecule has 0 spiro atoms. The van der Waals surface area contributed by atoms with E-state index >= 15 is 0 Å². The molecule has 0 saturated heterocycles. The van der Waals surface area contributed by atoms with Gasteiger partial charge in [0.25, 0.3) is 0 Å². The molecule has 0 atom stereocenters. The normalized spacial score (nSPS) is 10.9. The fourth-order valence-electron chi connectivity index (χ4n) is 3.72. The summed E-state index contributed by atoms with van der Waals surface area (Å²) in [7, 11) is 1.29. The van der Waals surface area contributed by atoms with Crippen molar-refractivity contribution in [2.75, 3.05) is 13.7 Å². The second-order valence-corrected chi connectivity index (χ2v) is 8.05. The minimum Gasteiger partial charge on any atom is -0.485 e. The molecule has 1 N–H and O–H groups in total. The number of aromatic amines is 1. The van der Waals surface area contributed by atoms with Crippen LogP contribution in [-0.2, 0) is 4.74 Å². The number of methoxy groups -OCH3 is 1. The van der Waals surface area contributed by atoms with Crippen LogP contribution in [0, 0.1) is 0 Å². The van der Waals surface area contributed by atoms with Crippen LogP contribution in [0.25, 0.3) is 21.7 Å². The fourth-order valence-corrected chi connectivity index (χ4v) is 3.90. The number of Topliss-reactive ketones (excluding diaryl/α,β-unsaturated/α-hetero) is 1. The van der Waals surface area contributed by atoms with Crippen LogP contribution in [0.4, 0.5) is 0 Å². The molecule has 0 radical (unpaired) electrons. The number of H-pyrrole nitrogens is 1. The molecular formula is C26H18ClN3O5. The van der Waals surface area contributed by atoms with Gasteiger partial charge in [-0.15, -0.1) is 5.10 Å². The molecule has 0 amide bonds. The summed E-state index contributed by atoms with van der Waals surface area (Å²) in [5.41, 5.74) is 1.38. The summed E-state index contributed by atoms with van der Waals surface area (Å²) < 4.78 is 16.4. The highest BCUT2D eigenvalue weighted by atomic mass is 35.5. The smallest absolute Gasteiger partial charge is 0.341 e. The van der Waals surface area contributed by atoms with E-state index in [0.29, 0.717) is 33.1 Å². The van der Waals surface area contributed by atoms with Gasteiger partial charge in [-0.05, 0) is 53.2 Å². The number of aromatic nitrogens is 3. The molecule has 3 aromatic carbocycles. The zero-order chi connectivity index (χ0) is 24.4. The number of halogens is 1. The molecule has 9 heteroatoms. The van der Waals surface area contributed by atoms with E-state index in [1.54, 1.807) is 67.0 Å². The van der Waals surface area contributed by atoms with E-state index < -0.39 is 5.97 Å². The minimum atomic E-state index is -0.572. The SMILES string of the molecule is COC(=O)c1cc2cc(Cl)ccc2cc1OCC(=O)c1c[nH]c2cc(Oc3cccnn3)ccc12. The molecule has 0 unspecified atom stereocenters. The maximum Gasteiger partial charge on any atom is 0.341 e. The van der Waals surface area contributed by atoms with Crippen LogP contribution in [0.3, 0.4) is 0 Å². The molecule has 2 aromatic heterocycles. The van der Waals surface area contributed by atoms with Crippen LogP contribution < -0.4 is 9.47 Å². The lowest BCUT2D eigenvalue weighted by Gasteiger charge is -2.12. The quantitative estimate of drug-likeness (QED) is 0.235. The van der Waals surface area contributed by atoms with Gasteiger partial charge in [0.15, 0.2) is 6.61 Å². The number of esters is 1. The maximum absolute atomic E-state index is 13.0. The van der Waals surface area contributed by atoms with Gasteiger partial charge in [0.2, 0.25) is 11.7 Å². The van der Waals surface area contributed by atoms with E-state index in [2.05, 4.69) is 15.2 Å². The number of fused-ring (bicyclic) bond motifs is 2. The number of ketones is 1. The summed E-state index contributed by atoms with van der Waals surface area (Å²) in [6.07, 6.45) is 3.18. The summed E-state index contributed by atoms with van der Waals surface area (Å²) in [6.45, 7) is -0.270. The second-order valence-electron chi connectivity index (χ2n) is 7.62. The lowest BCUT2D eigenvalue weighted by atomic mass is 10.1. The Labute approximate surface area is 204 Å². The molecule has 174 valence electrons. The molecular weight excluding hydrogens is 470 g/mol. The number of ether oxygens (including phenoxy) is 3. The monoisotopic (exact) mass is 487 g/mol. The third-order valence-electron chi connectivity index (χ3n) is 5.39. The van der Waals surface area contributed by atoms with Gasteiger partial charge in [-0.3, -0.25) is 4.79 Å². The van der Waals surface area contributed by atoms with E-state index in [1.807, 2.05) is 6.07 Å². The third-order valence-corrected chi connectivity index (χ3v) is 5.62. The molecule has 5 aromatic rings. The van der Waals surface area contributed by atoms with E-state index in [4.69, 9.17) is 25.8 Å². The lowest BCUT2D eigenvalue weighted by Crippen LogP contribution is -2.13. The Kier molecular flexibility index (Phi) is 6.03. The van der Waals surface area contributed by atoms with Crippen LogP contribution >= 0.6 is 11.6 Å². The van der Waals surface area contributed by atoms with E-state index in [1.165, 1.54) is 7.11 Å². The van der Waals surface area contributed by atoms with Crippen LogP contribution in [0.2, 0.25) is 5.02 Å². The summed E-state index contributed by atoms with van der Waals surface area (Å²) in [6, 6.07) is 17.3. The zero-order valence-electron chi connectivity index (χ0n) is 18.4. The molecule has 0 aliphatic rings. The second kappa shape index (κ2) is 9.44. The number of carbonyl (C=O) groups excluding carboxylic acids is 2. The molecule has 8 nitrogen and oxygen atoms in total. The molecule has 0 fully saturated rings. The van der Waals surface area contributed by atoms with Gasteiger partial charge in [0, 0.05) is 46.0 Å². The Morgan fingerprint density at radius 2 is 1.89 bits per heavy atom. The first kappa shape index (κ1) is 22.4. The highest BCUT2D eigenvalue weighted by molar-refractivity contribution is 6.31. The van der Waals surface area contributed by atoms with Gasteiger partial charge in [-0.2, -0.15) is 5.10 Å². The molecule has 0 aliphatic heterocycles. The minimum absolute atomic E-state index is 0.208. The van der Waals surface area contributed by atoms with Gasteiger partial charge < -0.3 is 19.2 Å². The van der Waals surface area contributed by atoms with Crippen molar-refractivity contribution in [1.29, 1.82) is 0 Å². The number of hydrogen-bond acceptors (Lipinski definition) is 7. The van der Waals surface area contributed by atoms with Crippen LogP contribution in [0.15, 0.2) is 73.1 Å². The van der Waals surface area contributed by atoms with Crippen LogP contribution in [0.1, 0.15) is 20.7 Å². The third kappa shape index (κ3) is 4.64. The van der Waals surface area contributed by atoms with Gasteiger partial charge in [-0.25, -0.2) is 4.79 Å². The van der Waals surface area contributed by atoms with E-state index in [0.717, 1.165) is 10.8 Å². The number of nitrogens with zero attached hydrogens (tertiary/aromatic N) is 2. The standard InChI is InChI=1S/C26H18ClN3O5/c1-33-26(32)20-10-16-9-17(27)5-4-15(16)11-24(20)34-14-23(31)21-13-28-22-12-18(6-7-19(21)22)35-25-3-2-8-29-30-25/h2-13,28H,14H2,1H3. The summed E-state index contributed by atoms with van der Waals surface area (Å²) in [5.74, 6) is 0.332. The van der Waals surface area contributed by atoms with Crippen LogP contribution in [-0.4, -0.2) is 40.7 Å². The van der Waals surface area contributed by atoms with Crippen molar-refractivity contribution in [3.63, 3.8) is 0 Å². The molecule has 35 heavy (non-hydrogen) atoms. The topological polar surface area (TPSA) is 103 Å². The van der Waals surface area contributed by atoms with E-state index in [9.17, 15) is 9.59 Å². The summed E-state index contributed by atoms with van der Waals surface area (Å²) >= 11 is 6.07. The number of rotatable bonds is 7. The largest absolute Gasteiger partial charge is 0.485 e. The Bertz CT molecular complexity index is 1570. The molecule has 0 saturated carbocycles. The average molecular weight is 488 g/mol. The van der Waals surface area contributed by atoms with Crippen molar-refractivity contribution in [3.05, 3.63) is 89.2 Å². The molecule has 2 heterocycles. The number of benzene rings is 3. The van der Waals surface area contributed by atoms with Crippen LogP contribution in [0.5, 0.6) is 17.4 Å².